The van der Waals surface area contributed by atoms with Crippen molar-refractivity contribution >= 4 is 29.3 Å². The first-order chi connectivity index (χ1) is 15.1. The van der Waals surface area contributed by atoms with Crippen molar-refractivity contribution in [3.8, 4) is 6.07 Å². The molecule has 5 nitrogen and oxygen atoms in total. The minimum Gasteiger partial charge on any atom is -0.321 e. The van der Waals surface area contributed by atoms with Crippen LogP contribution in [0.15, 0.2) is 54.1 Å². The first-order valence-corrected chi connectivity index (χ1v) is 9.85. The van der Waals surface area contributed by atoms with Crippen molar-refractivity contribution in [2.75, 3.05) is 5.32 Å². The number of halogens is 4. The number of aryl methyl sites for hydroxylation is 2. The number of nitrogens with zero attached hydrogens (tertiary/aromatic N) is 3. The molecule has 164 valence electrons. The Hall–Kier alpha value is -3.57. The highest BCUT2D eigenvalue weighted by molar-refractivity contribution is 6.31. The number of hydrogen-bond donors (Lipinski definition) is 1. The summed E-state index contributed by atoms with van der Waals surface area (Å²) in [5.41, 5.74) is 1.03. The molecule has 9 heteroatoms. The fraction of sp³-hybridized carbons (Fsp3) is 0.174. The molecule has 0 radical (unpaired) electrons. The van der Waals surface area contributed by atoms with Crippen LogP contribution < -0.4 is 5.32 Å². The molecule has 3 rings (SSSR count). The third-order valence-electron chi connectivity index (χ3n) is 4.70. The van der Waals surface area contributed by atoms with Crippen LogP contribution in [0.4, 0.5) is 18.9 Å². The molecule has 1 amide bonds. The van der Waals surface area contributed by atoms with Gasteiger partial charge in [0, 0.05) is 5.56 Å². The van der Waals surface area contributed by atoms with Gasteiger partial charge in [0.25, 0.3) is 5.91 Å². The zero-order chi connectivity index (χ0) is 23.5. The third-order valence-corrected chi connectivity index (χ3v) is 5.10. The zero-order valence-corrected chi connectivity index (χ0v) is 17.9. The van der Waals surface area contributed by atoms with Crippen LogP contribution in [-0.4, -0.2) is 15.7 Å². The van der Waals surface area contributed by atoms with Crippen molar-refractivity contribution in [2.24, 2.45) is 0 Å². The first kappa shape index (κ1) is 23.1. The number of rotatable bonds is 5. The normalized spacial score (nSPS) is 11.8. The van der Waals surface area contributed by atoms with Crippen LogP contribution >= 0.6 is 11.6 Å². The number of benzene rings is 2. The molecule has 0 bridgehead atoms. The fourth-order valence-electron chi connectivity index (χ4n) is 3.02. The van der Waals surface area contributed by atoms with Crippen molar-refractivity contribution < 1.29 is 18.0 Å². The summed E-state index contributed by atoms with van der Waals surface area (Å²) in [5.74, 6) is -0.981. The molecular formula is C23H18ClF3N4O. The molecule has 0 atom stereocenters. The van der Waals surface area contributed by atoms with E-state index in [2.05, 4.69) is 10.4 Å². The molecular weight excluding hydrogens is 441 g/mol. The minimum absolute atomic E-state index is 0.208. The molecule has 0 saturated carbocycles. The Bertz CT molecular complexity index is 1220. The van der Waals surface area contributed by atoms with E-state index < -0.39 is 28.9 Å². The average Bonchev–Trinajstić information content (AvgIpc) is 3.00. The highest BCUT2D eigenvalue weighted by atomic mass is 35.5. The Kier molecular flexibility index (Phi) is 6.70. The Morgan fingerprint density at radius 2 is 1.84 bits per heavy atom. The van der Waals surface area contributed by atoms with E-state index in [1.54, 1.807) is 13.0 Å². The van der Waals surface area contributed by atoms with Crippen molar-refractivity contribution in [1.82, 2.24) is 9.78 Å². The highest BCUT2D eigenvalue weighted by Gasteiger charge is 2.33. The number of para-hydroxylation sites is 1. The first-order valence-electron chi connectivity index (χ1n) is 9.48. The number of carbonyl (C=O) groups excluding carboxylic acids is 1. The van der Waals surface area contributed by atoms with E-state index in [1.807, 2.05) is 31.2 Å². The quantitative estimate of drug-likeness (QED) is 0.390. The Morgan fingerprint density at radius 1 is 1.19 bits per heavy atom. The van der Waals surface area contributed by atoms with Gasteiger partial charge in [0.2, 0.25) is 0 Å². The van der Waals surface area contributed by atoms with E-state index in [1.165, 1.54) is 22.9 Å². The molecule has 0 saturated heterocycles. The monoisotopic (exact) mass is 458 g/mol. The van der Waals surface area contributed by atoms with Crippen LogP contribution in [0.5, 0.6) is 0 Å². The van der Waals surface area contributed by atoms with E-state index in [-0.39, 0.29) is 5.15 Å². The van der Waals surface area contributed by atoms with Crippen LogP contribution in [0.1, 0.15) is 27.9 Å². The molecule has 0 aliphatic carbocycles. The van der Waals surface area contributed by atoms with E-state index in [4.69, 9.17) is 11.6 Å². The van der Waals surface area contributed by atoms with E-state index in [9.17, 15) is 23.2 Å². The molecule has 0 fully saturated rings. The molecule has 2 aromatic carbocycles. The molecule has 0 aliphatic heterocycles. The lowest BCUT2D eigenvalue weighted by Gasteiger charge is -2.13. The number of alkyl halides is 3. The van der Waals surface area contributed by atoms with Crippen LogP contribution in [0.25, 0.3) is 6.08 Å². The molecule has 3 aromatic rings. The lowest BCUT2D eigenvalue weighted by atomic mass is 10.1. The second-order valence-corrected chi connectivity index (χ2v) is 7.46. The van der Waals surface area contributed by atoms with Gasteiger partial charge in [0.1, 0.15) is 16.8 Å². The van der Waals surface area contributed by atoms with Gasteiger partial charge in [-0.3, -0.25) is 4.79 Å². The van der Waals surface area contributed by atoms with Crippen molar-refractivity contribution in [3.05, 3.63) is 87.2 Å². The third kappa shape index (κ3) is 5.18. The molecule has 1 heterocycles. The fourth-order valence-corrected chi connectivity index (χ4v) is 3.31. The Labute approximate surface area is 187 Å². The number of nitriles is 1. The van der Waals surface area contributed by atoms with Crippen LogP contribution in [0.3, 0.4) is 0 Å². The van der Waals surface area contributed by atoms with Gasteiger partial charge in [-0.05, 0) is 37.6 Å². The van der Waals surface area contributed by atoms with Crippen LogP contribution in [0.2, 0.25) is 5.15 Å². The van der Waals surface area contributed by atoms with Crippen molar-refractivity contribution in [3.63, 3.8) is 0 Å². The maximum Gasteiger partial charge on any atom is 0.418 e. The minimum atomic E-state index is -4.66. The van der Waals surface area contributed by atoms with Gasteiger partial charge in [-0.15, -0.1) is 0 Å². The van der Waals surface area contributed by atoms with Crippen molar-refractivity contribution in [2.45, 2.75) is 26.6 Å². The summed E-state index contributed by atoms with van der Waals surface area (Å²) in [6, 6.07) is 14.0. The molecule has 1 aromatic heterocycles. The van der Waals surface area contributed by atoms with E-state index in [0.717, 1.165) is 23.3 Å². The van der Waals surface area contributed by atoms with Crippen molar-refractivity contribution in [1.29, 1.82) is 5.26 Å². The topological polar surface area (TPSA) is 70.7 Å². The zero-order valence-electron chi connectivity index (χ0n) is 17.2. The average molecular weight is 459 g/mol. The highest BCUT2D eigenvalue weighted by Crippen LogP contribution is 2.34. The SMILES string of the molecule is Cc1ccc(Cn2nc(C)c(/C=C(\C#N)C(=O)Nc3ccccc3C(F)(F)F)c2Cl)cc1. The molecule has 1 N–H and O–H groups in total. The van der Waals surface area contributed by atoms with E-state index in [0.29, 0.717) is 17.8 Å². The Balaban J connectivity index is 1.88. The van der Waals surface area contributed by atoms with Gasteiger partial charge < -0.3 is 5.32 Å². The smallest absolute Gasteiger partial charge is 0.321 e. The largest absolute Gasteiger partial charge is 0.418 e. The summed E-state index contributed by atoms with van der Waals surface area (Å²) in [6.45, 7) is 4.01. The summed E-state index contributed by atoms with van der Waals surface area (Å²) >= 11 is 6.43. The van der Waals surface area contributed by atoms with Gasteiger partial charge >= 0.3 is 6.18 Å². The number of carbonyl (C=O) groups is 1. The van der Waals surface area contributed by atoms with Crippen LogP contribution in [-0.2, 0) is 17.5 Å². The van der Waals surface area contributed by atoms with Gasteiger partial charge in [-0.1, -0.05) is 53.6 Å². The number of anilines is 1. The predicted molar refractivity (Wildman–Crippen MR) is 116 cm³/mol. The maximum absolute atomic E-state index is 13.2. The van der Waals surface area contributed by atoms with Gasteiger partial charge in [-0.25, -0.2) is 4.68 Å². The van der Waals surface area contributed by atoms with Crippen LogP contribution in [0, 0.1) is 25.2 Å². The second-order valence-electron chi connectivity index (χ2n) is 7.10. The number of hydrogen-bond acceptors (Lipinski definition) is 3. The standard InChI is InChI=1S/C23H18ClF3N4O/c1-14-7-9-16(10-8-14)13-31-21(24)18(15(2)30-31)11-17(12-28)22(32)29-20-6-4-3-5-19(20)23(25,26)27/h3-11H,13H2,1-2H3,(H,29,32)/b17-11+. The summed E-state index contributed by atoms with van der Waals surface area (Å²) in [5, 5.41) is 16.2. The summed E-state index contributed by atoms with van der Waals surface area (Å²) in [4.78, 5) is 12.5. The lowest BCUT2D eigenvalue weighted by molar-refractivity contribution is -0.137. The maximum atomic E-state index is 13.2. The Morgan fingerprint density at radius 3 is 2.47 bits per heavy atom. The molecule has 0 spiro atoms. The number of aromatic nitrogens is 2. The molecule has 32 heavy (non-hydrogen) atoms. The molecule has 0 aliphatic rings. The molecule has 0 unspecified atom stereocenters. The summed E-state index contributed by atoms with van der Waals surface area (Å²) < 4.78 is 41.1. The van der Waals surface area contributed by atoms with Gasteiger partial charge in [0.05, 0.1) is 23.5 Å². The second kappa shape index (κ2) is 9.28. The number of nitrogens with one attached hydrogen (secondary N) is 1. The van der Waals surface area contributed by atoms with Gasteiger partial charge in [0.15, 0.2) is 0 Å². The lowest BCUT2D eigenvalue weighted by Crippen LogP contribution is -2.17. The number of amides is 1. The summed E-state index contributed by atoms with van der Waals surface area (Å²) in [6.07, 6.45) is -3.43. The predicted octanol–water partition coefficient (Wildman–Crippen LogP) is 5.77. The summed E-state index contributed by atoms with van der Waals surface area (Å²) in [7, 11) is 0. The van der Waals surface area contributed by atoms with Gasteiger partial charge in [-0.2, -0.15) is 23.5 Å². The van der Waals surface area contributed by atoms with E-state index >= 15 is 0 Å².